The van der Waals surface area contributed by atoms with Crippen LogP contribution in [0.3, 0.4) is 0 Å². The fourth-order valence-electron chi connectivity index (χ4n) is 1.10. The molecule has 0 aromatic heterocycles. The van der Waals surface area contributed by atoms with E-state index >= 15 is 0 Å². The molecule has 0 aliphatic carbocycles. The van der Waals surface area contributed by atoms with Crippen molar-refractivity contribution in [2.24, 2.45) is 4.30 Å². The second-order valence-electron chi connectivity index (χ2n) is 3.39. The first-order valence-corrected chi connectivity index (χ1v) is 8.92. The molecular formula is C18H30BBrNOS. The van der Waals surface area contributed by atoms with Crippen LogP contribution in [0.5, 0.6) is 0 Å². The normalized spacial score (nSPS) is 6.87. The first-order chi connectivity index (χ1) is 10.7. The van der Waals surface area contributed by atoms with E-state index in [0.717, 1.165) is 5.33 Å². The third-order valence-electron chi connectivity index (χ3n) is 1.94. The topological polar surface area (TPSA) is 43.9 Å². The van der Waals surface area contributed by atoms with Crippen LogP contribution in [0.15, 0.2) is 65.0 Å². The molecule has 1 radical (unpaired) electrons. The summed E-state index contributed by atoms with van der Waals surface area (Å²) in [5.41, 5.74) is 2.65. The molecule has 2 rings (SSSR count). The van der Waals surface area contributed by atoms with Crippen molar-refractivity contribution in [1.29, 1.82) is 0 Å². The van der Waals surface area contributed by atoms with Crippen molar-refractivity contribution in [3.05, 3.63) is 71.8 Å². The van der Waals surface area contributed by atoms with Crippen molar-refractivity contribution in [1.82, 2.24) is 0 Å². The molecule has 2 aromatic rings. The third kappa shape index (κ3) is 26.3. The Kier molecular flexibility index (Phi) is 38.1. The third-order valence-corrected chi connectivity index (χ3v) is 2.59. The van der Waals surface area contributed by atoms with Crippen LogP contribution in [0.1, 0.15) is 38.8 Å². The van der Waals surface area contributed by atoms with Crippen LogP contribution >= 0.6 is 28.7 Å². The van der Waals surface area contributed by atoms with E-state index in [1.807, 2.05) is 64.1 Å². The molecule has 129 valence electrons. The quantitative estimate of drug-likeness (QED) is 0.348. The second kappa shape index (κ2) is 29.1. The Labute approximate surface area is 157 Å². The molecule has 0 unspecified atom stereocenters. The van der Waals surface area contributed by atoms with Gasteiger partial charge in [-0.05, 0) is 12.5 Å². The van der Waals surface area contributed by atoms with Gasteiger partial charge in [-0.3, -0.25) is 0 Å². The van der Waals surface area contributed by atoms with E-state index < -0.39 is 0 Å². The molecule has 23 heavy (non-hydrogen) atoms. The van der Waals surface area contributed by atoms with Crippen LogP contribution in [-0.4, -0.2) is 13.1 Å². The van der Waals surface area contributed by atoms with Crippen molar-refractivity contribution in [2.45, 2.75) is 39.9 Å². The van der Waals surface area contributed by atoms with Gasteiger partial charge in [-0.2, -0.15) is 0 Å². The van der Waals surface area contributed by atoms with E-state index in [4.69, 9.17) is 0 Å². The molecule has 0 amide bonds. The van der Waals surface area contributed by atoms with Gasteiger partial charge in [0, 0.05) is 5.33 Å². The van der Waals surface area contributed by atoms with Crippen LogP contribution in [0.25, 0.3) is 0 Å². The van der Waals surface area contributed by atoms with E-state index in [2.05, 4.69) is 71.9 Å². The number of aryl methyl sites for hydroxylation is 1. The van der Waals surface area contributed by atoms with Gasteiger partial charge in [-0.1, -0.05) is 110 Å². The van der Waals surface area contributed by atoms with Crippen LogP contribution in [-0.2, 0) is 5.33 Å². The van der Waals surface area contributed by atoms with Gasteiger partial charge in [0.05, 0.1) is 0 Å². The molecule has 5 heteroatoms. The Bertz CT molecular complexity index is 416. The zero-order valence-electron chi connectivity index (χ0n) is 14.8. The van der Waals surface area contributed by atoms with E-state index in [-0.39, 0.29) is 5.48 Å². The summed E-state index contributed by atoms with van der Waals surface area (Å²) >= 11 is 6.55. The molecular weight excluding hydrogens is 369 g/mol. The van der Waals surface area contributed by atoms with Crippen molar-refractivity contribution in [3.8, 4) is 0 Å². The molecule has 0 spiro atoms. The van der Waals surface area contributed by atoms with Gasteiger partial charge in [0.1, 0.15) is 0 Å². The molecule has 0 aliphatic rings. The summed E-state index contributed by atoms with van der Waals surface area (Å²) in [6.07, 6.45) is 0. The van der Waals surface area contributed by atoms with Crippen LogP contribution in [0.2, 0.25) is 0 Å². The van der Waals surface area contributed by atoms with Gasteiger partial charge in [-0.25, -0.2) is 0 Å². The molecule has 0 saturated heterocycles. The average Bonchev–Trinajstić information content (AvgIpc) is 2.61. The van der Waals surface area contributed by atoms with Gasteiger partial charge in [0.25, 0.3) is 0 Å². The molecule has 0 saturated carbocycles. The van der Waals surface area contributed by atoms with Gasteiger partial charge >= 0.3 is 24.8 Å². The SMILES string of the molecule is BrCc1ccccc1.CC.CC.Cc1ccccc1.O.[B]=NS. The maximum atomic E-state index is 4.34. The van der Waals surface area contributed by atoms with E-state index in [0.29, 0.717) is 0 Å². The number of halogens is 1. The number of benzene rings is 2. The zero-order chi connectivity index (χ0) is 17.6. The number of hydrogen-bond acceptors (Lipinski definition) is 2. The van der Waals surface area contributed by atoms with Crippen molar-refractivity contribution < 1.29 is 5.48 Å². The monoisotopic (exact) mass is 398 g/mol. The van der Waals surface area contributed by atoms with E-state index in [1.54, 1.807) is 0 Å². The summed E-state index contributed by atoms with van der Waals surface area (Å²) in [5.74, 6) is 0. The summed E-state index contributed by atoms with van der Waals surface area (Å²) < 4.78 is 2.69. The Morgan fingerprint density at radius 2 is 1.17 bits per heavy atom. The first-order valence-electron chi connectivity index (χ1n) is 7.40. The summed E-state index contributed by atoms with van der Waals surface area (Å²) in [7, 11) is 4.34. The van der Waals surface area contributed by atoms with Gasteiger partial charge in [0.2, 0.25) is 0 Å². The second-order valence-corrected chi connectivity index (χ2v) is 4.18. The van der Waals surface area contributed by atoms with Crippen LogP contribution < -0.4 is 0 Å². The summed E-state index contributed by atoms with van der Waals surface area (Å²) in [6, 6.07) is 20.5. The van der Waals surface area contributed by atoms with E-state index in [1.165, 1.54) is 11.1 Å². The molecule has 0 atom stereocenters. The number of hydrogen-bond donors (Lipinski definition) is 1. The molecule has 0 bridgehead atoms. The average molecular weight is 399 g/mol. The number of thiol groups is 1. The maximum absolute atomic E-state index is 4.34. The predicted molar refractivity (Wildman–Crippen MR) is 114 cm³/mol. The Balaban J connectivity index is -0.000000111. The molecule has 0 aliphatic heterocycles. The minimum absolute atomic E-state index is 0. The van der Waals surface area contributed by atoms with E-state index in [9.17, 15) is 0 Å². The number of nitrogens with zero attached hydrogens (tertiary/aromatic N) is 1. The van der Waals surface area contributed by atoms with Gasteiger partial charge < -0.3 is 5.48 Å². The van der Waals surface area contributed by atoms with Gasteiger partial charge in [-0.15, -0.1) is 0 Å². The molecule has 2 N–H and O–H groups in total. The standard InChI is InChI=1S/C7H7Br.C7H8.2C2H6.BHNS.H2O/c8-6-7-4-2-1-3-5-7;1-7-5-3-2-4-6-7;2*1-2;1-2-3;/h1-5H,6H2;2-6H,1H3;2*1-2H3;3H;1H2. The number of alkyl halides is 1. The molecule has 2 nitrogen and oxygen atoms in total. The summed E-state index contributed by atoms with van der Waals surface area (Å²) in [6.45, 7) is 10.1. The van der Waals surface area contributed by atoms with Crippen molar-refractivity contribution >= 4 is 36.4 Å². The minimum atomic E-state index is 0. The van der Waals surface area contributed by atoms with Crippen LogP contribution in [0.4, 0.5) is 0 Å². The molecule has 2 aromatic carbocycles. The molecule has 0 fully saturated rings. The first kappa shape index (κ1) is 30.0. The Morgan fingerprint density at radius 1 is 0.870 bits per heavy atom. The zero-order valence-corrected chi connectivity index (χ0v) is 17.3. The van der Waals surface area contributed by atoms with Crippen LogP contribution in [0, 0.1) is 6.92 Å². The van der Waals surface area contributed by atoms with Crippen molar-refractivity contribution in [2.75, 3.05) is 0 Å². The summed E-state index contributed by atoms with van der Waals surface area (Å²) in [5, 5.41) is 0.952. The fourth-order valence-corrected chi connectivity index (χ4v) is 1.48. The van der Waals surface area contributed by atoms with Crippen molar-refractivity contribution in [3.63, 3.8) is 0 Å². The molecule has 0 heterocycles. The predicted octanol–water partition coefficient (Wildman–Crippen LogP) is 5.99. The Morgan fingerprint density at radius 3 is 1.35 bits per heavy atom. The number of rotatable bonds is 1. The summed E-state index contributed by atoms with van der Waals surface area (Å²) in [4.78, 5) is 0. The Hall–Kier alpha value is -0.905. The van der Waals surface area contributed by atoms with Gasteiger partial charge in [0.15, 0.2) is 0 Å². The fraction of sp³-hybridized carbons (Fsp3) is 0.333.